The summed E-state index contributed by atoms with van der Waals surface area (Å²) in [5, 5.41) is 11.5. The van der Waals surface area contributed by atoms with E-state index in [2.05, 4.69) is 47.4 Å². The van der Waals surface area contributed by atoms with Crippen LogP contribution in [-0.2, 0) is 9.59 Å². The second-order valence-corrected chi connectivity index (χ2v) is 12.8. The standard InChI is InChI=1S/C34H34N8O3S/c1-22(43)29-9-10-30(46-29)32-27-19-25(5-8-28(27)38-39-32)37-34(45)24-11-14-40(20-24)21-31(44)42-17-15-41(16-18-42)26-6-3-23(4-7-26)33-35-12-2-13-36-33/h2-10,12-13,19,24H,11,14-18,20-21H2,1H3,(H,37,45)(H,38,39)/t24-/m1/s1. The van der Waals surface area contributed by atoms with Gasteiger partial charge < -0.3 is 15.1 Å². The zero-order valence-electron chi connectivity index (χ0n) is 25.5. The van der Waals surface area contributed by atoms with E-state index in [9.17, 15) is 14.4 Å². The predicted octanol–water partition coefficient (Wildman–Crippen LogP) is 4.56. The molecule has 7 rings (SSSR count). The molecule has 2 aliphatic heterocycles. The van der Waals surface area contributed by atoms with Crippen LogP contribution in [0.5, 0.6) is 0 Å². The summed E-state index contributed by atoms with van der Waals surface area (Å²) < 4.78 is 0. The van der Waals surface area contributed by atoms with Crippen molar-refractivity contribution in [3.05, 3.63) is 77.9 Å². The molecule has 2 aliphatic rings. The average Bonchev–Trinajstić information content (AvgIpc) is 3.85. The van der Waals surface area contributed by atoms with E-state index in [1.165, 1.54) is 11.3 Å². The van der Waals surface area contributed by atoms with Crippen molar-refractivity contribution in [1.29, 1.82) is 0 Å². The number of fused-ring (bicyclic) bond motifs is 1. The predicted molar refractivity (Wildman–Crippen MR) is 179 cm³/mol. The van der Waals surface area contributed by atoms with Crippen LogP contribution in [0, 0.1) is 5.92 Å². The maximum atomic E-state index is 13.2. The summed E-state index contributed by atoms with van der Waals surface area (Å²) in [5.41, 5.74) is 4.40. The van der Waals surface area contributed by atoms with Gasteiger partial charge in [0.05, 0.1) is 27.7 Å². The highest BCUT2D eigenvalue weighted by molar-refractivity contribution is 7.17. The second kappa shape index (κ2) is 12.8. The highest BCUT2D eigenvalue weighted by Crippen LogP contribution is 2.33. The van der Waals surface area contributed by atoms with Crippen LogP contribution in [0.4, 0.5) is 11.4 Å². The first-order chi connectivity index (χ1) is 22.4. The number of nitrogens with one attached hydrogen (secondary N) is 2. The van der Waals surface area contributed by atoms with E-state index in [0.717, 1.165) is 45.8 Å². The van der Waals surface area contributed by atoms with Crippen molar-refractivity contribution >= 4 is 51.2 Å². The van der Waals surface area contributed by atoms with Gasteiger partial charge in [-0.2, -0.15) is 5.10 Å². The molecule has 0 bridgehead atoms. The molecule has 46 heavy (non-hydrogen) atoms. The van der Waals surface area contributed by atoms with Crippen LogP contribution in [0.25, 0.3) is 32.9 Å². The molecule has 2 amide bonds. The fraction of sp³-hybridized carbons (Fsp3) is 0.294. The zero-order valence-corrected chi connectivity index (χ0v) is 26.3. The largest absolute Gasteiger partial charge is 0.368 e. The minimum absolute atomic E-state index is 0.0245. The van der Waals surface area contributed by atoms with Crippen LogP contribution in [0.1, 0.15) is 23.0 Å². The van der Waals surface area contributed by atoms with Crippen LogP contribution in [0.15, 0.2) is 73.1 Å². The number of carbonyl (C=O) groups excluding carboxylic acids is 3. The Morgan fingerprint density at radius 2 is 1.74 bits per heavy atom. The molecule has 2 N–H and O–H groups in total. The number of amides is 2. The zero-order chi connectivity index (χ0) is 31.6. The molecule has 0 saturated carbocycles. The number of H-pyrrole nitrogens is 1. The Labute approximate surface area is 270 Å². The molecule has 0 spiro atoms. The lowest BCUT2D eigenvalue weighted by atomic mass is 10.1. The molecule has 0 radical (unpaired) electrons. The van der Waals surface area contributed by atoms with E-state index in [0.29, 0.717) is 55.5 Å². The Bertz CT molecular complexity index is 1880. The van der Waals surface area contributed by atoms with Crippen molar-refractivity contribution in [2.75, 3.05) is 56.0 Å². The van der Waals surface area contributed by atoms with Gasteiger partial charge in [0.15, 0.2) is 11.6 Å². The molecular formula is C34H34N8O3S. The Morgan fingerprint density at radius 3 is 2.48 bits per heavy atom. The lowest BCUT2D eigenvalue weighted by Crippen LogP contribution is -2.51. The number of hydrogen-bond donors (Lipinski definition) is 2. The number of aromatic nitrogens is 4. The molecule has 5 aromatic rings. The van der Waals surface area contributed by atoms with E-state index >= 15 is 0 Å². The van der Waals surface area contributed by atoms with Gasteiger partial charge in [-0.3, -0.25) is 24.4 Å². The molecule has 0 unspecified atom stereocenters. The number of anilines is 2. The van der Waals surface area contributed by atoms with Gasteiger partial charge in [-0.1, -0.05) is 0 Å². The molecule has 2 fully saturated rings. The summed E-state index contributed by atoms with van der Waals surface area (Å²) in [6.07, 6.45) is 4.18. The molecule has 2 saturated heterocycles. The molecule has 11 nitrogen and oxygen atoms in total. The van der Waals surface area contributed by atoms with E-state index in [1.54, 1.807) is 25.4 Å². The molecule has 234 valence electrons. The normalized spacial score (nSPS) is 17.0. The summed E-state index contributed by atoms with van der Waals surface area (Å²) in [5.74, 6) is 0.598. The molecule has 12 heteroatoms. The Kier molecular flexibility index (Phi) is 8.29. The third kappa shape index (κ3) is 6.26. The summed E-state index contributed by atoms with van der Waals surface area (Å²) in [7, 11) is 0. The van der Waals surface area contributed by atoms with Crippen LogP contribution in [0.2, 0.25) is 0 Å². The molecular weight excluding hydrogens is 600 g/mol. The van der Waals surface area contributed by atoms with Crippen molar-refractivity contribution in [3.63, 3.8) is 0 Å². The molecule has 3 aromatic heterocycles. The lowest BCUT2D eigenvalue weighted by Gasteiger charge is -2.36. The lowest BCUT2D eigenvalue weighted by molar-refractivity contribution is -0.132. The first-order valence-corrected chi connectivity index (χ1v) is 16.3. The number of aromatic amines is 1. The number of nitrogens with zero attached hydrogens (tertiary/aromatic N) is 6. The van der Waals surface area contributed by atoms with Crippen LogP contribution in [-0.4, -0.2) is 93.4 Å². The minimum atomic E-state index is -0.191. The fourth-order valence-corrected chi connectivity index (χ4v) is 7.05. The molecule has 1 atom stereocenters. The third-order valence-corrected chi connectivity index (χ3v) is 9.90. The first kappa shape index (κ1) is 29.8. The van der Waals surface area contributed by atoms with E-state index in [1.807, 2.05) is 47.4 Å². The third-order valence-electron chi connectivity index (χ3n) is 8.71. The van der Waals surface area contributed by atoms with Crippen LogP contribution < -0.4 is 10.2 Å². The van der Waals surface area contributed by atoms with Gasteiger partial charge in [-0.05, 0) is 80.6 Å². The van der Waals surface area contributed by atoms with Gasteiger partial charge in [-0.15, -0.1) is 11.3 Å². The maximum absolute atomic E-state index is 13.2. The number of rotatable bonds is 8. The number of benzene rings is 2. The van der Waals surface area contributed by atoms with Gasteiger partial charge in [0.1, 0.15) is 5.69 Å². The quantitative estimate of drug-likeness (QED) is 0.238. The topological polar surface area (TPSA) is 127 Å². The highest BCUT2D eigenvalue weighted by Gasteiger charge is 2.31. The molecule has 2 aromatic carbocycles. The first-order valence-electron chi connectivity index (χ1n) is 15.4. The number of Topliss-reactive ketones (excluding diaryl/α,β-unsaturated/α-hetero) is 1. The number of carbonyl (C=O) groups is 3. The van der Waals surface area contributed by atoms with Gasteiger partial charge in [0.2, 0.25) is 11.8 Å². The van der Waals surface area contributed by atoms with Crippen LogP contribution in [0.3, 0.4) is 0 Å². The monoisotopic (exact) mass is 634 g/mol. The van der Waals surface area contributed by atoms with E-state index in [-0.39, 0.29) is 23.5 Å². The van der Waals surface area contributed by atoms with Crippen molar-refractivity contribution in [2.24, 2.45) is 5.92 Å². The second-order valence-electron chi connectivity index (χ2n) is 11.7. The van der Waals surface area contributed by atoms with Gasteiger partial charge in [0.25, 0.3) is 0 Å². The number of piperazine rings is 1. The van der Waals surface area contributed by atoms with E-state index < -0.39 is 0 Å². The van der Waals surface area contributed by atoms with Crippen molar-refractivity contribution in [2.45, 2.75) is 13.3 Å². The van der Waals surface area contributed by atoms with Gasteiger partial charge in [0, 0.05) is 67.4 Å². The Morgan fingerprint density at radius 1 is 0.957 bits per heavy atom. The number of likely N-dealkylation sites (tertiary alicyclic amines) is 1. The number of hydrogen-bond acceptors (Lipinski definition) is 9. The van der Waals surface area contributed by atoms with Crippen molar-refractivity contribution in [1.82, 2.24) is 30.0 Å². The smallest absolute Gasteiger partial charge is 0.236 e. The Balaban J connectivity index is 0.901. The summed E-state index contributed by atoms with van der Waals surface area (Å²) in [4.78, 5) is 54.7. The SMILES string of the molecule is CC(=O)c1ccc(-c2n[nH]c3ccc(NC(=O)[C@@H]4CCN(CC(=O)N5CCN(c6ccc(-c7ncccn7)cc6)CC5)C4)cc23)s1. The molecule has 5 heterocycles. The average molecular weight is 635 g/mol. The number of ketones is 1. The van der Waals surface area contributed by atoms with E-state index in [4.69, 9.17) is 0 Å². The van der Waals surface area contributed by atoms with Crippen molar-refractivity contribution < 1.29 is 14.4 Å². The highest BCUT2D eigenvalue weighted by atomic mass is 32.1. The summed E-state index contributed by atoms with van der Waals surface area (Å²) >= 11 is 1.41. The van der Waals surface area contributed by atoms with Crippen LogP contribution >= 0.6 is 11.3 Å². The fourth-order valence-electron chi connectivity index (χ4n) is 6.14. The van der Waals surface area contributed by atoms with Crippen molar-refractivity contribution in [3.8, 4) is 22.0 Å². The number of thiophene rings is 1. The van der Waals surface area contributed by atoms with Gasteiger partial charge in [-0.25, -0.2) is 9.97 Å². The van der Waals surface area contributed by atoms with Gasteiger partial charge >= 0.3 is 0 Å². The minimum Gasteiger partial charge on any atom is -0.368 e. The summed E-state index contributed by atoms with van der Waals surface area (Å²) in [6, 6.07) is 19.4. The maximum Gasteiger partial charge on any atom is 0.236 e. The summed E-state index contributed by atoms with van der Waals surface area (Å²) in [6.45, 7) is 6.01. The molecule has 0 aliphatic carbocycles. The Hall–Kier alpha value is -4.94.